The van der Waals surface area contributed by atoms with Gasteiger partial charge in [0.25, 0.3) is 0 Å². The number of fused-ring (bicyclic) bond motifs is 1. The summed E-state index contributed by atoms with van der Waals surface area (Å²) in [6.45, 7) is 0.740. The number of hydrogen-bond donors (Lipinski definition) is 1. The SMILES string of the molecule is c1ccc(C2CC(Nc3ccc4nnnn4n3)CCO2)cc1. The van der Waals surface area contributed by atoms with Crippen LogP contribution in [0.15, 0.2) is 42.5 Å². The Morgan fingerprint density at radius 2 is 2.05 bits per heavy atom. The van der Waals surface area contributed by atoms with Gasteiger partial charge in [0.05, 0.1) is 6.10 Å². The number of hydrogen-bond acceptors (Lipinski definition) is 6. The van der Waals surface area contributed by atoms with E-state index in [0.717, 1.165) is 25.3 Å². The van der Waals surface area contributed by atoms with Gasteiger partial charge in [-0.3, -0.25) is 0 Å². The molecule has 2 atom stereocenters. The minimum atomic E-state index is 0.129. The lowest BCUT2D eigenvalue weighted by Crippen LogP contribution is -2.30. The van der Waals surface area contributed by atoms with Crippen molar-refractivity contribution in [2.45, 2.75) is 25.0 Å². The Bertz CT molecular complexity index is 759. The first-order chi connectivity index (χ1) is 10.9. The Kier molecular flexibility index (Phi) is 3.40. The average Bonchev–Trinajstić information content (AvgIpc) is 3.04. The van der Waals surface area contributed by atoms with Crippen LogP contribution in [0, 0.1) is 0 Å². The van der Waals surface area contributed by atoms with E-state index in [0.29, 0.717) is 11.7 Å². The van der Waals surface area contributed by atoms with Gasteiger partial charge in [0.2, 0.25) is 0 Å². The molecule has 4 rings (SSSR count). The van der Waals surface area contributed by atoms with Gasteiger partial charge in [0.15, 0.2) is 5.65 Å². The van der Waals surface area contributed by atoms with E-state index in [4.69, 9.17) is 4.74 Å². The highest BCUT2D eigenvalue weighted by Crippen LogP contribution is 2.29. The van der Waals surface area contributed by atoms with Crippen LogP contribution in [0.1, 0.15) is 24.5 Å². The summed E-state index contributed by atoms with van der Waals surface area (Å²) < 4.78 is 7.32. The predicted octanol–water partition coefficient (Wildman–Crippen LogP) is 1.85. The number of benzene rings is 1. The molecule has 0 aliphatic carbocycles. The minimum absolute atomic E-state index is 0.129. The highest BCUT2D eigenvalue weighted by Gasteiger charge is 2.24. The molecule has 1 aliphatic heterocycles. The summed E-state index contributed by atoms with van der Waals surface area (Å²) in [7, 11) is 0. The lowest BCUT2D eigenvalue weighted by atomic mass is 9.97. The fourth-order valence-electron chi connectivity index (χ4n) is 2.76. The third-order valence-corrected chi connectivity index (χ3v) is 3.88. The van der Waals surface area contributed by atoms with Crippen molar-refractivity contribution in [3.05, 3.63) is 48.0 Å². The Labute approximate surface area is 127 Å². The fourth-order valence-corrected chi connectivity index (χ4v) is 2.76. The molecule has 1 fully saturated rings. The second kappa shape index (κ2) is 5.69. The summed E-state index contributed by atoms with van der Waals surface area (Å²) >= 11 is 0. The summed E-state index contributed by atoms with van der Waals surface area (Å²) in [4.78, 5) is 0. The molecule has 7 nitrogen and oxygen atoms in total. The monoisotopic (exact) mass is 296 g/mol. The van der Waals surface area contributed by atoms with E-state index >= 15 is 0 Å². The zero-order valence-electron chi connectivity index (χ0n) is 12.0. The first-order valence-electron chi connectivity index (χ1n) is 7.37. The Hall–Kier alpha value is -2.54. The number of aromatic nitrogens is 5. The maximum absolute atomic E-state index is 5.89. The van der Waals surface area contributed by atoms with Crippen molar-refractivity contribution < 1.29 is 4.74 Å². The lowest BCUT2D eigenvalue weighted by Gasteiger charge is -2.30. The van der Waals surface area contributed by atoms with Crippen molar-refractivity contribution >= 4 is 11.5 Å². The van der Waals surface area contributed by atoms with E-state index in [1.54, 1.807) is 0 Å². The van der Waals surface area contributed by atoms with Crippen molar-refractivity contribution in [3.63, 3.8) is 0 Å². The number of tetrazole rings is 1. The molecule has 0 spiro atoms. The molecule has 0 amide bonds. The van der Waals surface area contributed by atoms with Crippen LogP contribution in [0.4, 0.5) is 5.82 Å². The van der Waals surface area contributed by atoms with Crippen LogP contribution < -0.4 is 5.32 Å². The van der Waals surface area contributed by atoms with Crippen LogP contribution in [0.25, 0.3) is 5.65 Å². The zero-order chi connectivity index (χ0) is 14.8. The molecule has 1 saturated heterocycles. The van der Waals surface area contributed by atoms with E-state index in [2.05, 4.69) is 38.1 Å². The topological polar surface area (TPSA) is 77.2 Å². The fraction of sp³-hybridized carbons (Fsp3) is 0.333. The van der Waals surface area contributed by atoms with Crippen LogP contribution in [0.5, 0.6) is 0 Å². The summed E-state index contributed by atoms with van der Waals surface area (Å²) in [6.07, 6.45) is 2.00. The molecule has 3 aromatic rings. The van der Waals surface area contributed by atoms with Crippen LogP contribution >= 0.6 is 0 Å². The summed E-state index contributed by atoms with van der Waals surface area (Å²) in [5.41, 5.74) is 1.86. The maximum Gasteiger partial charge on any atom is 0.200 e. The van der Waals surface area contributed by atoms with Crippen molar-refractivity contribution in [1.82, 2.24) is 25.3 Å². The van der Waals surface area contributed by atoms with Crippen LogP contribution in [0.2, 0.25) is 0 Å². The van der Waals surface area contributed by atoms with Crippen molar-refractivity contribution in [2.24, 2.45) is 0 Å². The molecule has 0 bridgehead atoms. The third kappa shape index (κ3) is 2.62. The standard InChI is InChI=1S/C15H16N6O/c1-2-4-11(5-3-1)13-10-12(8-9-22-13)16-14-6-7-15-17-19-20-21(15)18-14/h1-7,12-13H,8-10H2,(H,16,18). The number of nitrogens with zero attached hydrogens (tertiary/aromatic N) is 5. The molecule has 0 saturated carbocycles. The lowest BCUT2D eigenvalue weighted by molar-refractivity contribution is 0.00973. The number of rotatable bonds is 3. The van der Waals surface area contributed by atoms with E-state index in [1.807, 2.05) is 30.3 Å². The molecule has 3 heterocycles. The van der Waals surface area contributed by atoms with Crippen LogP contribution in [-0.2, 0) is 4.74 Å². The molecule has 2 aromatic heterocycles. The molecular weight excluding hydrogens is 280 g/mol. The summed E-state index contributed by atoms with van der Waals surface area (Å²) in [5, 5.41) is 19.1. The molecule has 112 valence electrons. The van der Waals surface area contributed by atoms with Gasteiger partial charge in [-0.2, -0.15) is 0 Å². The summed E-state index contributed by atoms with van der Waals surface area (Å²) in [6, 6.07) is 14.4. The molecule has 22 heavy (non-hydrogen) atoms. The second-order valence-electron chi connectivity index (χ2n) is 5.38. The van der Waals surface area contributed by atoms with Gasteiger partial charge < -0.3 is 10.1 Å². The Morgan fingerprint density at radius 3 is 2.95 bits per heavy atom. The van der Waals surface area contributed by atoms with Gasteiger partial charge in [-0.05, 0) is 41.0 Å². The number of ether oxygens (including phenoxy) is 1. The number of anilines is 1. The van der Waals surface area contributed by atoms with Gasteiger partial charge in [-0.15, -0.1) is 14.8 Å². The largest absolute Gasteiger partial charge is 0.373 e. The molecule has 1 aromatic carbocycles. The molecule has 0 radical (unpaired) electrons. The molecule has 7 heteroatoms. The molecule has 1 aliphatic rings. The smallest absolute Gasteiger partial charge is 0.200 e. The average molecular weight is 296 g/mol. The maximum atomic E-state index is 5.89. The molecule has 2 unspecified atom stereocenters. The van der Waals surface area contributed by atoms with E-state index in [-0.39, 0.29) is 6.10 Å². The van der Waals surface area contributed by atoms with Gasteiger partial charge in [0.1, 0.15) is 5.82 Å². The van der Waals surface area contributed by atoms with Gasteiger partial charge >= 0.3 is 0 Å². The molecular formula is C15H16N6O. The highest BCUT2D eigenvalue weighted by atomic mass is 16.5. The Morgan fingerprint density at radius 1 is 1.14 bits per heavy atom. The first-order valence-corrected chi connectivity index (χ1v) is 7.37. The van der Waals surface area contributed by atoms with Gasteiger partial charge in [-0.25, -0.2) is 0 Å². The van der Waals surface area contributed by atoms with Gasteiger partial charge in [0, 0.05) is 12.6 Å². The first kappa shape index (κ1) is 13.1. The predicted molar refractivity (Wildman–Crippen MR) is 80.4 cm³/mol. The van der Waals surface area contributed by atoms with Crippen LogP contribution in [0.3, 0.4) is 0 Å². The molecule has 1 N–H and O–H groups in total. The summed E-state index contributed by atoms with van der Waals surface area (Å²) in [5.74, 6) is 0.776. The van der Waals surface area contributed by atoms with Crippen molar-refractivity contribution in [1.29, 1.82) is 0 Å². The van der Waals surface area contributed by atoms with E-state index < -0.39 is 0 Å². The van der Waals surface area contributed by atoms with Gasteiger partial charge in [-0.1, -0.05) is 30.3 Å². The second-order valence-corrected chi connectivity index (χ2v) is 5.38. The minimum Gasteiger partial charge on any atom is -0.373 e. The highest BCUT2D eigenvalue weighted by molar-refractivity contribution is 5.42. The number of nitrogens with one attached hydrogen (secondary N) is 1. The van der Waals surface area contributed by atoms with Crippen LogP contribution in [-0.4, -0.2) is 37.9 Å². The zero-order valence-corrected chi connectivity index (χ0v) is 12.0. The quantitative estimate of drug-likeness (QED) is 0.795. The van der Waals surface area contributed by atoms with Crippen molar-refractivity contribution in [3.8, 4) is 0 Å². The van der Waals surface area contributed by atoms with E-state index in [1.165, 1.54) is 10.2 Å². The normalized spacial score (nSPS) is 21.8. The van der Waals surface area contributed by atoms with Crippen molar-refractivity contribution in [2.75, 3.05) is 11.9 Å². The third-order valence-electron chi connectivity index (χ3n) is 3.88. The van der Waals surface area contributed by atoms with E-state index in [9.17, 15) is 0 Å². The Balaban J connectivity index is 1.48.